The predicted molar refractivity (Wildman–Crippen MR) is 245 cm³/mol. The van der Waals surface area contributed by atoms with Crippen molar-refractivity contribution in [1.82, 2.24) is 15.0 Å². The molecule has 4 heteroatoms. The maximum atomic E-state index is 6.71. The minimum Gasteiger partial charge on any atom is -0.455 e. The molecule has 11 rings (SSSR count). The molecule has 284 valence electrons. The van der Waals surface area contributed by atoms with Crippen LogP contribution in [0.2, 0.25) is 0 Å². The number of furan rings is 1. The second-order valence-corrected chi connectivity index (χ2v) is 17.5. The van der Waals surface area contributed by atoms with E-state index in [1.165, 1.54) is 39.3 Å². The molecule has 4 nitrogen and oxygen atoms in total. The van der Waals surface area contributed by atoms with Crippen LogP contribution in [0.4, 0.5) is 0 Å². The molecule has 2 aromatic heterocycles. The maximum absolute atomic E-state index is 6.71. The van der Waals surface area contributed by atoms with Gasteiger partial charge in [-0.3, -0.25) is 0 Å². The largest absolute Gasteiger partial charge is 0.455 e. The Hall–Kier alpha value is -6.91. The number of hydrogen-bond donors (Lipinski definition) is 0. The molecule has 0 spiro atoms. The first-order chi connectivity index (χ1) is 28.7. The second-order valence-electron chi connectivity index (χ2n) is 17.5. The zero-order valence-corrected chi connectivity index (χ0v) is 33.8. The van der Waals surface area contributed by atoms with Crippen molar-refractivity contribution in [2.75, 3.05) is 0 Å². The third-order valence-electron chi connectivity index (χ3n) is 12.8. The number of benzene rings is 8. The fourth-order valence-corrected chi connectivity index (χ4v) is 9.20. The molecule has 0 fully saturated rings. The number of rotatable bonds is 5. The average molecular weight is 762 g/mol. The van der Waals surface area contributed by atoms with Crippen LogP contribution < -0.4 is 0 Å². The molecular formula is C55H43N3O. The Morgan fingerprint density at radius 2 is 0.915 bits per heavy atom. The highest BCUT2D eigenvalue weighted by Gasteiger charge is 2.37. The highest BCUT2D eigenvalue weighted by atomic mass is 16.3. The normalized spacial score (nSPS) is 14.6. The Morgan fingerprint density at radius 1 is 0.390 bits per heavy atom. The lowest BCUT2D eigenvalue weighted by molar-refractivity contribution is 0.332. The van der Waals surface area contributed by atoms with Crippen molar-refractivity contribution in [3.05, 3.63) is 175 Å². The first kappa shape index (κ1) is 35.3. The fraction of sp³-hybridized carbons (Fsp3) is 0.145. The van der Waals surface area contributed by atoms with E-state index < -0.39 is 0 Å². The summed E-state index contributed by atoms with van der Waals surface area (Å²) in [6.07, 6.45) is 2.31. The highest BCUT2D eigenvalue weighted by Crippen LogP contribution is 2.48. The van der Waals surface area contributed by atoms with Gasteiger partial charge in [0.25, 0.3) is 0 Å². The van der Waals surface area contributed by atoms with E-state index >= 15 is 0 Å². The van der Waals surface area contributed by atoms with E-state index in [0.717, 1.165) is 67.1 Å². The van der Waals surface area contributed by atoms with Crippen LogP contribution in [-0.2, 0) is 10.8 Å². The van der Waals surface area contributed by atoms with Gasteiger partial charge in [0.1, 0.15) is 11.2 Å². The number of aromatic nitrogens is 3. The Morgan fingerprint density at radius 3 is 1.63 bits per heavy atom. The minimum atomic E-state index is 0.0627. The van der Waals surface area contributed by atoms with Crippen molar-refractivity contribution < 1.29 is 4.42 Å². The molecule has 8 aromatic carbocycles. The first-order valence-corrected chi connectivity index (χ1v) is 20.6. The lowest BCUT2D eigenvalue weighted by Gasteiger charge is -2.42. The summed E-state index contributed by atoms with van der Waals surface area (Å²) in [7, 11) is 0. The van der Waals surface area contributed by atoms with Crippen LogP contribution in [0.25, 0.3) is 99.9 Å². The van der Waals surface area contributed by atoms with Crippen LogP contribution in [0.15, 0.2) is 168 Å². The molecule has 0 N–H and O–H groups in total. The molecule has 0 atom stereocenters. The monoisotopic (exact) mass is 761 g/mol. The van der Waals surface area contributed by atoms with Gasteiger partial charge in [-0.1, -0.05) is 161 Å². The number of nitrogens with zero attached hydrogens (tertiary/aromatic N) is 3. The summed E-state index contributed by atoms with van der Waals surface area (Å²) in [5.74, 6) is 1.87. The molecule has 1 aliphatic carbocycles. The number of para-hydroxylation sites is 1. The van der Waals surface area contributed by atoms with Crippen molar-refractivity contribution in [2.24, 2.45) is 0 Å². The van der Waals surface area contributed by atoms with Crippen molar-refractivity contribution >= 4 is 43.5 Å². The fourth-order valence-electron chi connectivity index (χ4n) is 9.20. The van der Waals surface area contributed by atoms with Gasteiger partial charge in [-0.2, -0.15) is 0 Å². The molecule has 0 unspecified atom stereocenters. The minimum absolute atomic E-state index is 0.0627. The summed E-state index contributed by atoms with van der Waals surface area (Å²) >= 11 is 0. The number of fused-ring (bicyclic) bond motifs is 6. The van der Waals surface area contributed by atoms with Crippen LogP contribution in [0.1, 0.15) is 51.7 Å². The van der Waals surface area contributed by atoms with E-state index in [0.29, 0.717) is 17.5 Å². The molecule has 1 aliphatic rings. The van der Waals surface area contributed by atoms with Gasteiger partial charge in [0.15, 0.2) is 17.5 Å². The lowest BCUT2D eigenvalue weighted by atomic mass is 9.63. The van der Waals surface area contributed by atoms with Crippen molar-refractivity contribution in [3.63, 3.8) is 0 Å². The molecule has 0 bridgehead atoms. The third kappa shape index (κ3) is 6.10. The van der Waals surface area contributed by atoms with Crippen molar-refractivity contribution in [2.45, 2.75) is 51.4 Å². The van der Waals surface area contributed by atoms with E-state index in [-0.39, 0.29) is 10.8 Å². The van der Waals surface area contributed by atoms with E-state index in [9.17, 15) is 0 Å². The van der Waals surface area contributed by atoms with Gasteiger partial charge < -0.3 is 4.42 Å². The second kappa shape index (κ2) is 13.3. The first-order valence-electron chi connectivity index (χ1n) is 20.6. The van der Waals surface area contributed by atoms with Crippen LogP contribution in [0, 0.1) is 0 Å². The van der Waals surface area contributed by atoms with Gasteiger partial charge in [-0.05, 0) is 103 Å². The quantitative estimate of drug-likeness (QED) is 0.175. The molecule has 0 aliphatic heterocycles. The lowest BCUT2D eigenvalue weighted by Crippen LogP contribution is -2.33. The Labute approximate surface area is 344 Å². The molecule has 10 aromatic rings. The van der Waals surface area contributed by atoms with E-state index in [1.807, 2.05) is 6.07 Å². The molecular weight excluding hydrogens is 719 g/mol. The highest BCUT2D eigenvalue weighted by molar-refractivity contribution is 6.11. The number of hydrogen-bond acceptors (Lipinski definition) is 4. The van der Waals surface area contributed by atoms with Crippen LogP contribution in [0.5, 0.6) is 0 Å². The topological polar surface area (TPSA) is 51.8 Å². The van der Waals surface area contributed by atoms with Crippen LogP contribution in [0.3, 0.4) is 0 Å². The zero-order chi connectivity index (χ0) is 39.9. The SMILES string of the molecule is CC1(C)CCC(C)(C)c2cc(-c3cc(-c4nc(-c5ccc(-c6ccc7ccccc7c6)cc5)nc(-c5ccc6ccccc6c5)n4)cc4c3oc3ccccc34)ccc21. The third-order valence-corrected chi connectivity index (χ3v) is 12.8. The molecule has 0 amide bonds. The smallest absolute Gasteiger partial charge is 0.164 e. The Kier molecular flexibility index (Phi) is 7.96. The summed E-state index contributed by atoms with van der Waals surface area (Å²) < 4.78 is 6.71. The summed E-state index contributed by atoms with van der Waals surface area (Å²) in [6, 6.07) is 58.3. The molecule has 0 radical (unpaired) electrons. The van der Waals surface area contributed by atoms with Gasteiger partial charge >= 0.3 is 0 Å². The molecule has 59 heavy (non-hydrogen) atoms. The summed E-state index contributed by atoms with van der Waals surface area (Å²) in [4.78, 5) is 15.7. The van der Waals surface area contributed by atoms with Gasteiger partial charge in [0.05, 0.1) is 0 Å². The summed E-state index contributed by atoms with van der Waals surface area (Å²) in [5.41, 5.74) is 12.0. The molecule has 0 saturated carbocycles. The van der Waals surface area contributed by atoms with Crippen molar-refractivity contribution in [1.29, 1.82) is 0 Å². The van der Waals surface area contributed by atoms with Gasteiger partial charge in [-0.15, -0.1) is 0 Å². The predicted octanol–water partition coefficient (Wildman–Crippen LogP) is 14.8. The summed E-state index contributed by atoms with van der Waals surface area (Å²) in [5, 5.41) is 6.88. The summed E-state index contributed by atoms with van der Waals surface area (Å²) in [6.45, 7) is 9.52. The van der Waals surface area contributed by atoms with Gasteiger partial charge in [-0.25, -0.2) is 15.0 Å². The molecule has 0 saturated heterocycles. The maximum Gasteiger partial charge on any atom is 0.164 e. The standard InChI is InChI=1S/C55H43N3O/c1-54(2)27-28-55(3,4)48-33-41(25-26-47(48)54)45-31-43(32-46-44-15-9-10-16-49(44)59-50(45)46)53-57-51(56-52(58-53)42-24-20-35-12-6-8-14-39(35)30-42)37-21-17-36(18-22-37)40-23-19-34-11-5-7-13-38(34)29-40/h5-26,29-33H,27-28H2,1-4H3. The van der Waals surface area contributed by atoms with Crippen molar-refractivity contribution in [3.8, 4) is 56.4 Å². The molecule has 2 heterocycles. The Balaban J connectivity index is 1.11. The van der Waals surface area contributed by atoms with Crippen LogP contribution in [-0.4, -0.2) is 15.0 Å². The van der Waals surface area contributed by atoms with Gasteiger partial charge in [0.2, 0.25) is 0 Å². The van der Waals surface area contributed by atoms with Crippen LogP contribution >= 0.6 is 0 Å². The van der Waals surface area contributed by atoms with Gasteiger partial charge in [0, 0.05) is 33.0 Å². The Bertz CT molecular complexity index is 3280. The van der Waals surface area contributed by atoms with E-state index in [4.69, 9.17) is 19.4 Å². The average Bonchev–Trinajstić information content (AvgIpc) is 3.66. The van der Waals surface area contributed by atoms with E-state index in [2.05, 4.69) is 185 Å². The van der Waals surface area contributed by atoms with E-state index in [1.54, 1.807) is 0 Å². The zero-order valence-electron chi connectivity index (χ0n) is 33.8.